The van der Waals surface area contributed by atoms with Gasteiger partial charge in [0.2, 0.25) is 0 Å². The van der Waals surface area contributed by atoms with Crippen molar-refractivity contribution in [3.8, 4) is 0 Å². The van der Waals surface area contributed by atoms with Crippen LogP contribution in [0.25, 0.3) is 5.70 Å². The fraction of sp³-hybridized carbons (Fsp3) is 0.100. The molecule has 3 heteroatoms. The van der Waals surface area contributed by atoms with Gasteiger partial charge in [-0.05, 0) is 25.8 Å². The highest BCUT2D eigenvalue weighted by atomic mass is 14.8. The Labute approximate surface area is 77.6 Å². The summed E-state index contributed by atoms with van der Waals surface area (Å²) in [6, 6.07) is 3.80. The van der Waals surface area contributed by atoms with Crippen LogP contribution in [-0.4, -0.2) is 18.0 Å². The Morgan fingerprint density at radius 3 is 2.69 bits per heavy atom. The van der Waals surface area contributed by atoms with Gasteiger partial charge < -0.3 is 0 Å². The number of aliphatic imine (C=N–C) groups is 2. The van der Waals surface area contributed by atoms with Gasteiger partial charge in [0, 0.05) is 18.0 Å². The second-order valence-electron chi connectivity index (χ2n) is 2.34. The van der Waals surface area contributed by atoms with E-state index < -0.39 is 0 Å². The zero-order valence-electron chi connectivity index (χ0n) is 7.51. The van der Waals surface area contributed by atoms with Crippen molar-refractivity contribution < 1.29 is 0 Å². The van der Waals surface area contributed by atoms with E-state index in [0.717, 1.165) is 11.3 Å². The fourth-order valence-electron chi connectivity index (χ4n) is 0.941. The quantitative estimate of drug-likeness (QED) is 0.510. The fourth-order valence-corrected chi connectivity index (χ4v) is 0.941. The lowest BCUT2D eigenvalue weighted by atomic mass is 10.2. The largest absolute Gasteiger partial charge is 0.265 e. The van der Waals surface area contributed by atoms with E-state index in [1.165, 1.54) is 6.34 Å². The van der Waals surface area contributed by atoms with Crippen LogP contribution in [0, 0.1) is 0 Å². The minimum absolute atomic E-state index is 0.870. The SMILES string of the molecule is C=N/C=N\C(=C/C)c1ccncc1. The average Bonchev–Trinajstić information content (AvgIpc) is 2.21. The molecular weight excluding hydrogens is 162 g/mol. The van der Waals surface area contributed by atoms with Gasteiger partial charge in [-0.2, -0.15) is 0 Å². The second-order valence-corrected chi connectivity index (χ2v) is 2.34. The van der Waals surface area contributed by atoms with Crippen LogP contribution >= 0.6 is 0 Å². The van der Waals surface area contributed by atoms with Gasteiger partial charge in [0.1, 0.15) is 6.34 Å². The Morgan fingerprint density at radius 1 is 1.46 bits per heavy atom. The molecule has 1 heterocycles. The molecule has 1 aromatic rings. The smallest absolute Gasteiger partial charge is 0.115 e. The first-order valence-electron chi connectivity index (χ1n) is 3.93. The lowest BCUT2D eigenvalue weighted by Gasteiger charge is -1.98. The van der Waals surface area contributed by atoms with E-state index >= 15 is 0 Å². The van der Waals surface area contributed by atoms with E-state index in [4.69, 9.17) is 0 Å². The highest BCUT2D eigenvalue weighted by Gasteiger charge is 1.94. The number of hydrogen-bond acceptors (Lipinski definition) is 2. The van der Waals surface area contributed by atoms with Crippen LogP contribution in [0.2, 0.25) is 0 Å². The molecule has 0 aliphatic rings. The number of rotatable bonds is 3. The third kappa shape index (κ3) is 2.63. The van der Waals surface area contributed by atoms with Crippen molar-refractivity contribution in [3.63, 3.8) is 0 Å². The minimum atomic E-state index is 0.870. The average molecular weight is 173 g/mol. The van der Waals surface area contributed by atoms with Crippen molar-refractivity contribution in [2.45, 2.75) is 6.92 Å². The highest BCUT2D eigenvalue weighted by molar-refractivity contribution is 5.74. The molecule has 3 nitrogen and oxygen atoms in total. The molecule has 0 saturated carbocycles. The Bertz CT molecular complexity index is 325. The van der Waals surface area contributed by atoms with Crippen LogP contribution in [0.5, 0.6) is 0 Å². The second kappa shape index (κ2) is 4.98. The molecular formula is C10H11N3. The third-order valence-electron chi connectivity index (χ3n) is 1.53. The molecule has 1 rings (SSSR count). The molecule has 0 fully saturated rings. The highest BCUT2D eigenvalue weighted by Crippen LogP contribution is 2.13. The summed E-state index contributed by atoms with van der Waals surface area (Å²) >= 11 is 0. The minimum Gasteiger partial charge on any atom is -0.265 e. The van der Waals surface area contributed by atoms with Crippen molar-refractivity contribution >= 4 is 18.8 Å². The molecule has 0 radical (unpaired) electrons. The predicted octanol–water partition coefficient (Wildman–Crippen LogP) is 2.17. The number of pyridine rings is 1. The molecule has 0 N–H and O–H groups in total. The van der Waals surface area contributed by atoms with Crippen LogP contribution in [-0.2, 0) is 0 Å². The molecule has 66 valence electrons. The summed E-state index contributed by atoms with van der Waals surface area (Å²) in [5.74, 6) is 0. The molecule has 0 bridgehead atoms. The molecule has 0 aliphatic carbocycles. The van der Waals surface area contributed by atoms with Crippen LogP contribution in [0.3, 0.4) is 0 Å². The Morgan fingerprint density at radius 2 is 2.15 bits per heavy atom. The van der Waals surface area contributed by atoms with E-state index in [9.17, 15) is 0 Å². The maximum atomic E-state index is 4.11. The van der Waals surface area contributed by atoms with Crippen LogP contribution in [0.4, 0.5) is 0 Å². The first-order chi connectivity index (χ1) is 6.38. The van der Waals surface area contributed by atoms with E-state index in [-0.39, 0.29) is 0 Å². The van der Waals surface area contributed by atoms with Crippen LogP contribution in [0.15, 0.2) is 40.6 Å². The summed E-state index contributed by atoms with van der Waals surface area (Å²) in [5, 5.41) is 0. The van der Waals surface area contributed by atoms with Crippen molar-refractivity contribution in [2.24, 2.45) is 9.98 Å². The molecule has 0 amide bonds. The monoisotopic (exact) mass is 173 g/mol. The van der Waals surface area contributed by atoms with Gasteiger partial charge in [0.05, 0.1) is 5.70 Å². The van der Waals surface area contributed by atoms with Crippen molar-refractivity contribution in [2.75, 3.05) is 0 Å². The normalized spacial score (nSPS) is 11.9. The molecule has 13 heavy (non-hydrogen) atoms. The Balaban J connectivity index is 2.92. The first kappa shape index (κ1) is 9.32. The zero-order valence-corrected chi connectivity index (χ0v) is 7.51. The first-order valence-corrected chi connectivity index (χ1v) is 3.93. The summed E-state index contributed by atoms with van der Waals surface area (Å²) in [4.78, 5) is 11.6. The van der Waals surface area contributed by atoms with Gasteiger partial charge in [-0.15, -0.1) is 0 Å². The number of aromatic nitrogens is 1. The van der Waals surface area contributed by atoms with E-state index in [0.29, 0.717) is 0 Å². The number of allylic oxidation sites excluding steroid dienone is 1. The topological polar surface area (TPSA) is 37.6 Å². The lowest BCUT2D eigenvalue weighted by Crippen LogP contribution is -1.81. The van der Waals surface area contributed by atoms with Crippen molar-refractivity contribution in [3.05, 3.63) is 36.2 Å². The molecule has 0 aliphatic heterocycles. The standard InChI is InChI=1S/C10H11N3/c1-3-10(13-8-11-2)9-4-6-12-7-5-9/h3-8H,2H2,1H3/b10-3-,13-8-. The van der Waals surface area contributed by atoms with E-state index in [1.807, 2.05) is 25.1 Å². The van der Waals surface area contributed by atoms with E-state index in [2.05, 4.69) is 21.7 Å². The summed E-state index contributed by atoms with van der Waals surface area (Å²) < 4.78 is 0. The summed E-state index contributed by atoms with van der Waals surface area (Å²) in [6.07, 6.45) is 6.80. The van der Waals surface area contributed by atoms with Gasteiger partial charge in [-0.1, -0.05) is 6.08 Å². The molecule has 0 saturated heterocycles. The number of hydrogen-bond donors (Lipinski definition) is 0. The molecule has 0 atom stereocenters. The van der Waals surface area contributed by atoms with Crippen LogP contribution < -0.4 is 0 Å². The third-order valence-corrected chi connectivity index (χ3v) is 1.53. The maximum Gasteiger partial charge on any atom is 0.115 e. The number of nitrogens with zero attached hydrogens (tertiary/aromatic N) is 3. The van der Waals surface area contributed by atoms with Crippen molar-refractivity contribution in [1.29, 1.82) is 0 Å². The summed E-state index contributed by atoms with van der Waals surface area (Å²) in [5.41, 5.74) is 1.90. The lowest BCUT2D eigenvalue weighted by molar-refractivity contribution is 1.31. The van der Waals surface area contributed by atoms with Crippen molar-refractivity contribution in [1.82, 2.24) is 4.98 Å². The van der Waals surface area contributed by atoms with Crippen LogP contribution in [0.1, 0.15) is 12.5 Å². The van der Waals surface area contributed by atoms with Gasteiger partial charge in [0.25, 0.3) is 0 Å². The van der Waals surface area contributed by atoms with Gasteiger partial charge in [-0.3, -0.25) is 9.98 Å². The predicted molar refractivity (Wildman–Crippen MR) is 55.9 cm³/mol. The van der Waals surface area contributed by atoms with Gasteiger partial charge >= 0.3 is 0 Å². The summed E-state index contributed by atoms with van der Waals surface area (Å²) in [7, 11) is 0. The Kier molecular flexibility index (Phi) is 3.57. The van der Waals surface area contributed by atoms with Gasteiger partial charge in [0.15, 0.2) is 0 Å². The molecule has 0 spiro atoms. The summed E-state index contributed by atoms with van der Waals surface area (Å²) in [6.45, 7) is 5.25. The zero-order chi connectivity index (χ0) is 9.52. The van der Waals surface area contributed by atoms with E-state index in [1.54, 1.807) is 12.4 Å². The molecule has 1 aromatic heterocycles. The Hall–Kier alpha value is -1.77. The van der Waals surface area contributed by atoms with Gasteiger partial charge in [-0.25, -0.2) is 4.99 Å². The molecule has 0 aromatic carbocycles. The molecule has 0 unspecified atom stereocenters. The maximum absolute atomic E-state index is 4.11.